The molecule has 1 heterocycles. The van der Waals surface area contributed by atoms with Crippen LogP contribution in [0.25, 0.3) is 0 Å². The molecule has 4 nitrogen and oxygen atoms in total. The van der Waals surface area contributed by atoms with E-state index in [9.17, 15) is 0 Å². The van der Waals surface area contributed by atoms with Crippen molar-refractivity contribution in [3.63, 3.8) is 0 Å². The zero-order chi connectivity index (χ0) is 14.6. The number of hydrogen-bond donors (Lipinski definition) is 2. The van der Waals surface area contributed by atoms with Gasteiger partial charge in [0.15, 0.2) is 5.96 Å². The minimum atomic E-state index is 0. The number of guanidine groups is 1. The molecule has 0 bridgehead atoms. The second-order valence-electron chi connectivity index (χ2n) is 4.80. The maximum Gasteiger partial charge on any atom is 0.191 e. The van der Waals surface area contributed by atoms with Gasteiger partial charge in [-0.1, -0.05) is 32.8 Å². The molecule has 0 fully saturated rings. The summed E-state index contributed by atoms with van der Waals surface area (Å²) in [7, 11) is 0. The Kier molecular flexibility index (Phi) is 12.1. The molecule has 0 aliphatic carbocycles. The van der Waals surface area contributed by atoms with Gasteiger partial charge in [-0.15, -0.1) is 30.6 Å². The molecule has 1 rings (SSSR count). The van der Waals surface area contributed by atoms with Gasteiger partial charge in [-0.2, -0.15) is 0 Å². The van der Waals surface area contributed by atoms with Crippen LogP contribution in [0.4, 0.5) is 0 Å². The lowest BCUT2D eigenvalue weighted by Crippen LogP contribution is -2.38. The van der Waals surface area contributed by atoms with Crippen molar-refractivity contribution in [3.8, 4) is 0 Å². The minimum absolute atomic E-state index is 0. The number of furan rings is 1. The fraction of sp³-hybridized carbons (Fsp3) is 0.562. The molecule has 0 saturated heterocycles. The van der Waals surface area contributed by atoms with E-state index in [1.807, 2.05) is 18.2 Å². The number of halogens is 1. The lowest BCUT2D eigenvalue weighted by atomic mass is 10.0. The molecule has 0 aromatic carbocycles. The van der Waals surface area contributed by atoms with Crippen molar-refractivity contribution in [2.45, 2.75) is 33.1 Å². The van der Waals surface area contributed by atoms with E-state index in [-0.39, 0.29) is 24.0 Å². The number of hydrogen-bond acceptors (Lipinski definition) is 2. The molecule has 0 amide bonds. The van der Waals surface area contributed by atoms with Crippen LogP contribution in [0, 0.1) is 5.92 Å². The summed E-state index contributed by atoms with van der Waals surface area (Å²) >= 11 is 0. The Morgan fingerprint density at radius 3 is 2.71 bits per heavy atom. The predicted octanol–water partition coefficient (Wildman–Crippen LogP) is 3.60. The highest BCUT2D eigenvalue weighted by Gasteiger charge is 2.04. The van der Waals surface area contributed by atoms with E-state index in [1.165, 1.54) is 12.8 Å². The summed E-state index contributed by atoms with van der Waals surface area (Å²) in [6.07, 6.45) is 6.73. The van der Waals surface area contributed by atoms with E-state index in [2.05, 4.69) is 36.1 Å². The third-order valence-electron chi connectivity index (χ3n) is 3.32. The van der Waals surface area contributed by atoms with Crippen LogP contribution in [0.15, 0.2) is 40.5 Å². The fourth-order valence-electron chi connectivity index (χ4n) is 1.87. The Labute approximate surface area is 145 Å². The third kappa shape index (κ3) is 8.80. The molecular weight excluding hydrogens is 377 g/mol. The molecule has 0 aliphatic rings. The van der Waals surface area contributed by atoms with Gasteiger partial charge in [-0.05, 0) is 18.1 Å². The first-order valence-electron chi connectivity index (χ1n) is 7.45. The lowest BCUT2D eigenvalue weighted by molar-refractivity contribution is 0.500. The summed E-state index contributed by atoms with van der Waals surface area (Å²) in [5.74, 6) is 2.49. The van der Waals surface area contributed by atoms with E-state index < -0.39 is 0 Å². The zero-order valence-electron chi connectivity index (χ0n) is 13.1. The smallest absolute Gasteiger partial charge is 0.191 e. The van der Waals surface area contributed by atoms with Gasteiger partial charge < -0.3 is 15.1 Å². The average molecular weight is 405 g/mol. The second-order valence-corrected chi connectivity index (χ2v) is 4.80. The van der Waals surface area contributed by atoms with E-state index >= 15 is 0 Å². The van der Waals surface area contributed by atoms with Crippen molar-refractivity contribution in [2.24, 2.45) is 10.9 Å². The van der Waals surface area contributed by atoms with E-state index in [1.54, 1.807) is 6.26 Å². The standard InChI is InChI=1S/C16H27N3O.HI/c1-4-10-17-16(19-13-14(5-2)6-3)18-11-9-15-8-7-12-20-15;/h4,7-8,12,14H,1,5-6,9-11,13H2,2-3H3,(H2,17,18,19);1H. The van der Waals surface area contributed by atoms with Gasteiger partial charge in [0.25, 0.3) is 0 Å². The first-order valence-corrected chi connectivity index (χ1v) is 7.45. The van der Waals surface area contributed by atoms with E-state index in [4.69, 9.17) is 4.42 Å². The van der Waals surface area contributed by atoms with Crippen molar-refractivity contribution < 1.29 is 4.42 Å². The summed E-state index contributed by atoms with van der Waals surface area (Å²) in [6.45, 7) is 10.5. The Hall–Kier alpha value is -0.980. The molecular formula is C16H28IN3O. The highest BCUT2D eigenvalue weighted by Crippen LogP contribution is 2.07. The normalized spacial score (nSPS) is 11.1. The third-order valence-corrected chi connectivity index (χ3v) is 3.32. The Morgan fingerprint density at radius 1 is 1.38 bits per heavy atom. The average Bonchev–Trinajstić information content (AvgIpc) is 2.98. The quantitative estimate of drug-likeness (QED) is 0.286. The van der Waals surface area contributed by atoms with Gasteiger partial charge in [0, 0.05) is 26.1 Å². The molecule has 1 aromatic heterocycles. The van der Waals surface area contributed by atoms with Crippen LogP contribution in [0.2, 0.25) is 0 Å². The van der Waals surface area contributed by atoms with Crippen molar-refractivity contribution in [1.29, 1.82) is 0 Å². The van der Waals surface area contributed by atoms with Crippen LogP contribution in [0.1, 0.15) is 32.4 Å². The Morgan fingerprint density at radius 2 is 2.14 bits per heavy atom. The van der Waals surface area contributed by atoms with E-state index in [0.717, 1.165) is 37.8 Å². The maximum absolute atomic E-state index is 5.31. The molecule has 0 unspecified atom stereocenters. The van der Waals surface area contributed by atoms with Crippen LogP contribution in [-0.2, 0) is 6.42 Å². The molecule has 120 valence electrons. The summed E-state index contributed by atoms with van der Waals surface area (Å²) in [5, 5.41) is 6.57. The van der Waals surface area contributed by atoms with Crippen molar-refractivity contribution in [1.82, 2.24) is 10.6 Å². The first-order chi connectivity index (χ1) is 9.80. The monoisotopic (exact) mass is 405 g/mol. The Balaban J connectivity index is 0.00000400. The van der Waals surface area contributed by atoms with Gasteiger partial charge in [0.2, 0.25) is 0 Å². The molecule has 21 heavy (non-hydrogen) atoms. The molecule has 1 aromatic rings. The van der Waals surface area contributed by atoms with Gasteiger partial charge in [0.05, 0.1) is 6.26 Å². The molecule has 0 spiro atoms. The predicted molar refractivity (Wildman–Crippen MR) is 100 cm³/mol. The molecule has 0 aliphatic heterocycles. The van der Waals surface area contributed by atoms with Gasteiger partial charge >= 0.3 is 0 Å². The van der Waals surface area contributed by atoms with Crippen LogP contribution in [-0.4, -0.2) is 25.6 Å². The topological polar surface area (TPSA) is 49.6 Å². The molecule has 5 heteroatoms. The summed E-state index contributed by atoms with van der Waals surface area (Å²) < 4.78 is 5.31. The number of rotatable bonds is 9. The second kappa shape index (κ2) is 12.7. The number of nitrogens with one attached hydrogen (secondary N) is 2. The summed E-state index contributed by atoms with van der Waals surface area (Å²) in [5.41, 5.74) is 0. The van der Waals surface area contributed by atoms with Crippen LogP contribution >= 0.6 is 24.0 Å². The van der Waals surface area contributed by atoms with Gasteiger partial charge in [0.1, 0.15) is 5.76 Å². The zero-order valence-corrected chi connectivity index (χ0v) is 15.4. The number of nitrogens with zero attached hydrogens (tertiary/aromatic N) is 1. The van der Waals surface area contributed by atoms with Crippen molar-refractivity contribution in [3.05, 3.63) is 36.8 Å². The largest absolute Gasteiger partial charge is 0.469 e. The molecule has 0 atom stereocenters. The van der Waals surface area contributed by atoms with Crippen LogP contribution < -0.4 is 10.6 Å². The fourth-order valence-corrected chi connectivity index (χ4v) is 1.87. The summed E-state index contributed by atoms with van der Waals surface area (Å²) in [6, 6.07) is 3.90. The summed E-state index contributed by atoms with van der Waals surface area (Å²) in [4.78, 5) is 4.64. The molecule has 0 radical (unpaired) electrons. The van der Waals surface area contributed by atoms with E-state index in [0.29, 0.717) is 5.92 Å². The van der Waals surface area contributed by atoms with Crippen molar-refractivity contribution in [2.75, 3.05) is 19.6 Å². The highest BCUT2D eigenvalue weighted by molar-refractivity contribution is 14.0. The molecule has 2 N–H and O–H groups in total. The minimum Gasteiger partial charge on any atom is -0.469 e. The SMILES string of the molecule is C=CCNC(=NCC(CC)CC)NCCc1ccco1.I. The first kappa shape index (κ1) is 20.0. The Bertz CT molecular complexity index is 386. The van der Waals surface area contributed by atoms with Gasteiger partial charge in [-0.25, -0.2) is 0 Å². The van der Waals surface area contributed by atoms with Crippen molar-refractivity contribution >= 4 is 29.9 Å². The lowest BCUT2D eigenvalue weighted by Gasteiger charge is -2.13. The number of aliphatic imine (C=N–C) groups is 1. The van der Waals surface area contributed by atoms with Gasteiger partial charge in [-0.3, -0.25) is 4.99 Å². The molecule has 0 saturated carbocycles. The van der Waals surface area contributed by atoms with Crippen LogP contribution in [0.5, 0.6) is 0 Å². The van der Waals surface area contributed by atoms with Crippen LogP contribution in [0.3, 0.4) is 0 Å². The maximum atomic E-state index is 5.31. The highest BCUT2D eigenvalue weighted by atomic mass is 127.